The molecule has 0 aliphatic heterocycles. The second-order valence-electron chi connectivity index (χ2n) is 2.69. The number of rotatable bonds is 5. The van der Waals surface area contributed by atoms with Gasteiger partial charge in [-0.15, -0.1) is 0 Å². The van der Waals surface area contributed by atoms with Gasteiger partial charge in [0.05, 0.1) is 0 Å². The molecule has 0 radical (unpaired) electrons. The van der Waals surface area contributed by atoms with Crippen LogP contribution >= 0.6 is 0 Å². The Bertz CT molecular complexity index is 200. The summed E-state index contributed by atoms with van der Waals surface area (Å²) in [5.74, 6) is -2.17. The molecule has 0 fully saturated rings. The number of esters is 1. The predicted octanol–water partition coefficient (Wildman–Crippen LogP) is 1.28. The lowest BCUT2D eigenvalue weighted by Gasteiger charge is -2.28. The van der Waals surface area contributed by atoms with E-state index in [0.29, 0.717) is 13.0 Å². The van der Waals surface area contributed by atoms with Crippen LogP contribution in [-0.2, 0) is 19.1 Å². The van der Waals surface area contributed by atoms with Crippen molar-refractivity contribution in [2.75, 3.05) is 6.61 Å². The molecule has 0 amide bonds. The van der Waals surface area contributed by atoms with Crippen molar-refractivity contribution >= 4 is 11.8 Å². The molecule has 0 saturated carbocycles. The number of ketones is 1. The lowest BCUT2D eigenvalue weighted by molar-refractivity contribution is -0.224. The monoisotopic (exact) mass is 188 g/mol. The smallest absolute Gasteiger partial charge is 0.305 e. The molecule has 0 aliphatic rings. The quantitative estimate of drug-likeness (QED) is 0.481. The first-order valence-corrected chi connectivity index (χ1v) is 4.33. The Morgan fingerprint density at radius 1 is 1.23 bits per heavy atom. The second kappa shape index (κ2) is 4.97. The Morgan fingerprint density at radius 3 is 2.00 bits per heavy atom. The van der Waals surface area contributed by atoms with Crippen LogP contribution in [0.3, 0.4) is 0 Å². The van der Waals surface area contributed by atoms with Gasteiger partial charge in [0.25, 0.3) is 5.79 Å². The Labute approximate surface area is 78.2 Å². The fraction of sp³-hybridized carbons (Fsp3) is 0.778. The number of carbonyl (C=O) groups excluding carboxylic acids is 2. The molecule has 4 heteroatoms. The molecule has 0 aromatic rings. The largest absolute Gasteiger partial charge is 0.425 e. The van der Waals surface area contributed by atoms with E-state index in [1.807, 2.05) is 0 Å². The zero-order valence-electron chi connectivity index (χ0n) is 8.55. The highest BCUT2D eigenvalue weighted by Gasteiger charge is 2.37. The summed E-state index contributed by atoms with van der Waals surface area (Å²) in [4.78, 5) is 22.0. The average molecular weight is 188 g/mol. The highest BCUT2D eigenvalue weighted by molar-refractivity contribution is 5.85. The fourth-order valence-electron chi connectivity index (χ4n) is 1.09. The normalized spacial score (nSPS) is 14.8. The molecule has 0 aliphatic carbocycles. The number of hydrogen-bond acceptors (Lipinski definition) is 4. The van der Waals surface area contributed by atoms with Gasteiger partial charge in [-0.2, -0.15) is 0 Å². The molecule has 1 unspecified atom stereocenters. The van der Waals surface area contributed by atoms with Crippen LogP contribution in [0.4, 0.5) is 0 Å². The van der Waals surface area contributed by atoms with Crippen molar-refractivity contribution in [3.63, 3.8) is 0 Å². The molecule has 76 valence electrons. The van der Waals surface area contributed by atoms with Crippen molar-refractivity contribution in [2.24, 2.45) is 0 Å². The van der Waals surface area contributed by atoms with Crippen molar-refractivity contribution in [1.29, 1.82) is 0 Å². The fourth-order valence-corrected chi connectivity index (χ4v) is 1.09. The van der Waals surface area contributed by atoms with Crippen molar-refractivity contribution in [1.82, 2.24) is 0 Å². The molecular weight excluding hydrogens is 172 g/mol. The SMILES string of the molecule is CCOC(CC)(OC(C)=O)C(C)=O. The maximum atomic E-state index is 11.2. The summed E-state index contributed by atoms with van der Waals surface area (Å²) in [5.41, 5.74) is 0. The summed E-state index contributed by atoms with van der Waals surface area (Å²) in [6.45, 7) is 6.42. The van der Waals surface area contributed by atoms with Gasteiger partial charge in [0, 0.05) is 26.9 Å². The predicted molar refractivity (Wildman–Crippen MR) is 47.1 cm³/mol. The van der Waals surface area contributed by atoms with Crippen molar-refractivity contribution < 1.29 is 19.1 Å². The number of ether oxygens (including phenoxy) is 2. The second-order valence-corrected chi connectivity index (χ2v) is 2.69. The highest BCUT2D eigenvalue weighted by Crippen LogP contribution is 2.19. The van der Waals surface area contributed by atoms with Gasteiger partial charge in [-0.05, 0) is 6.92 Å². The van der Waals surface area contributed by atoms with Crippen LogP contribution in [0.15, 0.2) is 0 Å². The van der Waals surface area contributed by atoms with Gasteiger partial charge in [0.1, 0.15) is 0 Å². The third kappa shape index (κ3) is 3.14. The first kappa shape index (κ1) is 12.1. The van der Waals surface area contributed by atoms with Gasteiger partial charge in [-0.3, -0.25) is 9.59 Å². The molecule has 0 saturated heterocycles. The summed E-state index contributed by atoms with van der Waals surface area (Å²) in [7, 11) is 0. The topological polar surface area (TPSA) is 52.6 Å². The van der Waals surface area contributed by atoms with Crippen LogP contribution in [0, 0.1) is 0 Å². The third-order valence-electron chi connectivity index (χ3n) is 1.69. The van der Waals surface area contributed by atoms with E-state index in [1.54, 1.807) is 13.8 Å². The Morgan fingerprint density at radius 2 is 1.77 bits per heavy atom. The zero-order valence-corrected chi connectivity index (χ0v) is 8.55. The van der Waals surface area contributed by atoms with E-state index in [2.05, 4.69) is 0 Å². The molecule has 0 heterocycles. The minimum Gasteiger partial charge on any atom is -0.425 e. The van der Waals surface area contributed by atoms with Gasteiger partial charge in [-0.25, -0.2) is 0 Å². The van der Waals surface area contributed by atoms with Crippen LogP contribution in [0.5, 0.6) is 0 Å². The highest BCUT2D eigenvalue weighted by atomic mass is 16.7. The molecule has 13 heavy (non-hydrogen) atoms. The van der Waals surface area contributed by atoms with Crippen LogP contribution in [0.2, 0.25) is 0 Å². The summed E-state index contributed by atoms with van der Waals surface area (Å²) in [5, 5.41) is 0. The Kier molecular flexibility index (Phi) is 4.62. The summed E-state index contributed by atoms with van der Waals surface area (Å²) in [6, 6.07) is 0. The van der Waals surface area contributed by atoms with Gasteiger partial charge in [0.15, 0.2) is 0 Å². The summed E-state index contributed by atoms with van der Waals surface area (Å²) in [6.07, 6.45) is 0.329. The van der Waals surface area contributed by atoms with E-state index in [-0.39, 0.29) is 5.78 Å². The molecule has 0 aromatic heterocycles. The van der Waals surface area contributed by atoms with E-state index in [1.165, 1.54) is 13.8 Å². The average Bonchev–Trinajstić information content (AvgIpc) is 2.02. The first-order chi connectivity index (χ1) is 5.98. The molecule has 0 spiro atoms. The molecule has 4 nitrogen and oxygen atoms in total. The standard InChI is InChI=1S/C9H16O4/c1-5-9(7(3)10,12-6-2)13-8(4)11/h5-6H2,1-4H3. The van der Waals surface area contributed by atoms with Crippen LogP contribution < -0.4 is 0 Å². The lowest BCUT2D eigenvalue weighted by Crippen LogP contribution is -2.43. The molecule has 0 rings (SSSR count). The molecule has 0 N–H and O–H groups in total. The van der Waals surface area contributed by atoms with Gasteiger partial charge in [0.2, 0.25) is 5.78 Å². The van der Waals surface area contributed by atoms with Gasteiger partial charge >= 0.3 is 5.97 Å². The third-order valence-corrected chi connectivity index (χ3v) is 1.69. The molecule has 1 atom stereocenters. The van der Waals surface area contributed by atoms with Crippen LogP contribution in [0.1, 0.15) is 34.1 Å². The minimum absolute atomic E-state index is 0.285. The maximum Gasteiger partial charge on any atom is 0.305 e. The minimum atomic E-state index is -1.37. The van der Waals surface area contributed by atoms with E-state index in [0.717, 1.165) is 0 Å². The first-order valence-electron chi connectivity index (χ1n) is 4.33. The zero-order chi connectivity index (χ0) is 10.5. The molecular formula is C9H16O4. The van der Waals surface area contributed by atoms with Crippen LogP contribution in [0.25, 0.3) is 0 Å². The number of carbonyl (C=O) groups is 2. The van der Waals surface area contributed by atoms with Gasteiger partial charge in [-0.1, -0.05) is 6.92 Å². The van der Waals surface area contributed by atoms with E-state index < -0.39 is 11.8 Å². The number of Topliss-reactive ketones (excluding diaryl/α,β-unsaturated/α-hetero) is 1. The van der Waals surface area contributed by atoms with E-state index in [9.17, 15) is 9.59 Å². The molecule has 0 bridgehead atoms. The summed E-state index contributed by atoms with van der Waals surface area (Å²) >= 11 is 0. The van der Waals surface area contributed by atoms with Gasteiger partial charge < -0.3 is 9.47 Å². The Hall–Kier alpha value is -0.900. The van der Waals surface area contributed by atoms with Crippen molar-refractivity contribution in [3.05, 3.63) is 0 Å². The van der Waals surface area contributed by atoms with Crippen molar-refractivity contribution in [2.45, 2.75) is 39.9 Å². The molecule has 0 aromatic carbocycles. The van der Waals surface area contributed by atoms with E-state index >= 15 is 0 Å². The van der Waals surface area contributed by atoms with E-state index in [4.69, 9.17) is 9.47 Å². The maximum absolute atomic E-state index is 11.2. The summed E-state index contributed by atoms with van der Waals surface area (Å²) < 4.78 is 10.0. The van der Waals surface area contributed by atoms with Crippen LogP contribution in [-0.4, -0.2) is 24.1 Å². The number of hydrogen-bond donors (Lipinski definition) is 0. The lowest BCUT2D eigenvalue weighted by atomic mass is 10.1. The van der Waals surface area contributed by atoms with Crippen molar-refractivity contribution in [3.8, 4) is 0 Å². The Balaban J connectivity index is 4.64.